The number of halogens is 2. The molecule has 0 atom stereocenters. The number of thiophene rings is 1. The van der Waals surface area contributed by atoms with Crippen molar-refractivity contribution < 1.29 is 4.79 Å². The highest BCUT2D eigenvalue weighted by atomic mass is 79.9. The van der Waals surface area contributed by atoms with Crippen LogP contribution in [0.2, 0.25) is 0 Å². The van der Waals surface area contributed by atoms with Gasteiger partial charge in [0.05, 0.1) is 13.1 Å². The van der Waals surface area contributed by atoms with E-state index in [0.717, 1.165) is 14.1 Å². The molecule has 0 unspecified atom stereocenters. The van der Waals surface area contributed by atoms with Crippen molar-refractivity contribution in [2.45, 2.75) is 18.9 Å². The van der Waals surface area contributed by atoms with Crippen molar-refractivity contribution in [2.75, 3.05) is 13.1 Å². The van der Waals surface area contributed by atoms with Crippen molar-refractivity contribution in [3.8, 4) is 0 Å². The Morgan fingerprint density at radius 3 is 2.75 bits per heavy atom. The van der Waals surface area contributed by atoms with E-state index in [0.29, 0.717) is 18.2 Å². The summed E-state index contributed by atoms with van der Waals surface area (Å²) in [6, 6.07) is 2.53. The van der Waals surface area contributed by atoms with Crippen LogP contribution in [0.1, 0.15) is 23.2 Å². The molecule has 1 aliphatic carbocycles. The largest absolute Gasteiger partial charge is 0.351 e. The highest BCUT2D eigenvalue weighted by molar-refractivity contribution is 9.12. The summed E-state index contributed by atoms with van der Waals surface area (Å²) in [5.41, 5.74) is 0.697. The van der Waals surface area contributed by atoms with Crippen molar-refractivity contribution in [3.63, 3.8) is 0 Å². The molecule has 1 aromatic rings. The van der Waals surface area contributed by atoms with Gasteiger partial charge in [0.1, 0.15) is 0 Å². The lowest BCUT2D eigenvalue weighted by atomic mass is 10.3. The summed E-state index contributed by atoms with van der Waals surface area (Å²) < 4.78 is 1.83. The first-order valence-corrected chi connectivity index (χ1v) is 7.53. The zero-order valence-corrected chi connectivity index (χ0v) is 12.5. The molecule has 1 aliphatic rings. The molecule has 0 radical (unpaired) electrons. The lowest BCUT2D eigenvalue weighted by molar-refractivity contribution is 0.0953. The smallest absolute Gasteiger partial charge is 0.253 e. The van der Waals surface area contributed by atoms with E-state index in [1.807, 2.05) is 6.07 Å². The van der Waals surface area contributed by atoms with E-state index in [4.69, 9.17) is 0 Å². The molecule has 1 aromatic heterocycles. The molecule has 0 spiro atoms. The molecule has 0 saturated heterocycles. The Kier molecular flexibility index (Phi) is 4.41. The van der Waals surface area contributed by atoms with Gasteiger partial charge in [0, 0.05) is 19.1 Å². The van der Waals surface area contributed by atoms with Gasteiger partial charge in [-0.05, 0) is 50.8 Å². The SMILES string of the molecule is O=C(NCCNC1CC1)c1cc(Br)sc1Br. The Hall–Kier alpha value is 0.0900. The molecule has 0 aromatic carbocycles. The van der Waals surface area contributed by atoms with E-state index in [1.165, 1.54) is 24.2 Å². The number of hydrogen-bond donors (Lipinski definition) is 2. The van der Waals surface area contributed by atoms with Crippen LogP contribution in [0.3, 0.4) is 0 Å². The predicted octanol–water partition coefficient (Wildman–Crippen LogP) is 2.75. The third kappa shape index (κ3) is 3.55. The van der Waals surface area contributed by atoms with Gasteiger partial charge in [0.2, 0.25) is 0 Å². The first kappa shape index (κ1) is 12.5. The zero-order valence-electron chi connectivity index (χ0n) is 8.56. The monoisotopic (exact) mass is 366 g/mol. The second-order valence-corrected chi connectivity index (χ2v) is 7.47. The molecule has 88 valence electrons. The minimum atomic E-state index is -0.0218. The summed E-state index contributed by atoms with van der Waals surface area (Å²) in [5.74, 6) is -0.0218. The summed E-state index contributed by atoms with van der Waals surface area (Å²) in [6.45, 7) is 1.52. The Labute approximate surface area is 115 Å². The van der Waals surface area contributed by atoms with E-state index >= 15 is 0 Å². The van der Waals surface area contributed by atoms with E-state index < -0.39 is 0 Å². The lowest BCUT2D eigenvalue weighted by Gasteiger charge is -2.05. The summed E-state index contributed by atoms with van der Waals surface area (Å²) in [4.78, 5) is 11.8. The second kappa shape index (κ2) is 5.62. The maximum Gasteiger partial charge on any atom is 0.253 e. The minimum Gasteiger partial charge on any atom is -0.351 e. The first-order valence-electron chi connectivity index (χ1n) is 5.13. The fourth-order valence-electron chi connectivity index (χ4n) is 1.33. The van der Waals surface area contributed by atoms with Crippen molar-refractivity contribution in [1.82, 2.24) is 10.6 Å². The van der Waals surface area contributed by atoms with Gasteiger partial charge in [0.15, 0.2) is 0 Å². The number of amides is 1. The summed E-state index contributed by atoms with van der Waals surface area (Å²) in [6.07, 6.45) is 2.55. The third-order valence-corrected chi connectivity index (χ3v) is 4.66. The van der Waals surface area contributed by atoms with Crippen LogP contribution in [0.5, 0.6) is 0 Å². The van der Waals surface area contributed by atoms with Crippen molar-refractivity contribution in [3.05, 3.63) is 19.2 Å². The molecule has 3 nitrogen and oxygen atoms in total. The molecule has 1 fully saturated rings. The zero-order chi connectivity index (χ0) is 11.5. The van der Waals surface area contributed by atoms with Gasteiger partial charge in [-0.15, -0.1) is 11.3 Å². The van der Waals surface area contributed by atoms with Crippen LogP contribution in [-0.4, -0.2) is 25.0 Å². The summed E-state index contributed by atoms with van der Waals surface area (Å²) in [5, 5.41) is 6.24. The molecule has 0 bridgehead atoms. The molecule has 1 amide bonds. The van der Waals surface area contributed by atoms with Gasteiger partial charge >= 0.3 is 0 Å². The van der Waals surface area contributed by atoms with Crippen LogP contribution in [0.4, 0.5) is 0 Å². The molecule has 2 N–H and O–H groups in total. The molecule has 6 heteroatoms. The maximum absolute atomic E-state index is 11.8. The minimum absolute atomic E-state index is 0.0218. The molecule has 16 heavy (non-hydrogen) atoms. The van der Waals surface area contributed by atoms with Gasteiger partial charge in [0.25, 0.3) is 5.91 Å². The van der Waals surface area contributed by atoms with Crippen molar-refractivity contribution >= 4 is 49.1 Å². The molecular formula is C10H12Br2N2OS. The van der Waals surface area contributed by atoms with E-state index in [1.54, 1.807) is 0 Å². The topological polar surface area (TPSA) is 41.1 Å². The van der Waals surface area contributed by atoms with Gasteiger partial charge in [-0.25, -0.2) is 0 Å². The molecule has 1 saturated carbocycles. The van der Waals surface area contributed by atoms with Crippen molar-refractivity contribution in [1.29, 1.82) is 0 Å². The highest BCUT2D eigenvalue weighted by Crippen LogP contribution is 2.31. The number of carbonyl (C=O) groups excluding carboxylic acids is 1. The number of carbonyl (C=O) groups is 1. The van der Waals surface area contributed by atoms with E-state index in [2.05, 4.69) is 42.5 Å². The first-order chi connectivity index (χ1) is 7.66. The Morgan fingerprint density at radius 2 is 2.19 bits per heavy atom. The van der Waals surface area contributed by atoms with Crippen LogP contribution in [0.15, 0.2) is 13.6 Å². The van der Waals surface area contributed by atoms with Gasteiger partial charge in [-0.3, -0.25) is 4.79 Å². The van der Waals surface area contributed by atoms with Crippen molar-refractivity contribution in [2.24, 2.45) is 0 Å². The Balaban J connectivity index is 1.75. The average Bonchev–Trinajstić information content (AvgIpc) is 2.98. The van der Waals surface area contributed by atoms with Crippen LogP contribution in [-0.2, 0) is 0 Å². The maximum atomic E-state index is 11.8. The molecule has 2 rings (SSSR count). The average molecular weight is 368 g/mol. The molecule has 1 heterocycles. The third-order valence-electron chi connectivity index (χ3n) is 2.32. The fourth-order valence-corrected chi connectivity index (χ4v) is 4.12. The van der Waals surface area contributed by atoms with Crippen LogP contribution >= 0.6 is 43.2 Å². The fraction of sp³-hybridized carbons (Fsp3) is 0.500. The van der Waals surface area contributed by atoms with Crippen LogP contribution < -0.4 is 10.6 Å². The molecular weight excluding hydrogens is 356 g/mol. The Morgan fingerprint density at radius 1 is 1.44 bits per heavy atom. The summed E-state index contributed by atoms with van der Waals surface area (Å²) in [7, 11) is 0. The standard InChI is InChI=1S/C10H12Br2N2OS/c11-8-5-7(9(12)16-8)10(15)14-4-3-13-6-1-2-6/h5-6,13H,1-4H2,(H,14,15). The van der Waals surface area contributed by atoms with E-state index in [-0.39, 0.29) is 5.91 Å². The van der Waals surface area contributed by atoms with Gasteiger partial charge < -0.3 is 10.6 Å². The predicted molar refractivity (Wildman–Crippen MR) is 73.1 cm³/mol. The second-order valence-electron chi connectivity index (χ2n) is 3.72. The number of hydrogen-bond acceptors (Lipinski definition) is 3. The highest BCUT2D eigenvalue weighted by Gasteiger charge is 2.19. The quantitative estimate of drug-likeness (QED) is 0.785. The molecule has 0 aliphatic heterocycles. The number of nitrogens with one attached hydrogen (secondary N) is 2. The van der Waals surface area contributed by atoms with Gasteiger partial charge in [-0.2, -0.15) is 0 Å². The lowest BCUT2D eigenvalue weighted by Crippen LogP contribution is -2.32. The Bertz CT molecular complexity index is 390. The van der Waals surface area contributed by atoms with Crippen LogP contribution in [0.25, 0.3) is 0 Å². The van der Waals surface area contributed by atoms with Gasteiger partial charge in [-0.1, -0.05) is 0 Å². The normalized spacial score (nSPS) is 15.1. The van der Waals surface area contributed by atoms with E-state index in [9.17, 15) is 4.79 Å². The summed E-state index contributed by atoms with van der Waals surface area (Å²) >= 11 is 8.24. The van der Waals surface area contributed by atoms with Crippen LogP contribution in [0, 0.1) is 0 Å². The number of rotatable bonds is 5.